The fourth-order valence-corrected chi connectivity index (χ4v) is 2.05. The van der Waals surface area contributed by atoms with Crippen molar-refractivity contribution in [2.45, 2.75) is 13.3 Å². The number of Topliss-reactive ketones (excluding diaryl/α,β-unsaturated/α-hetero) is 1. The number of aromatic nitrogens is 1. The highest BCUT2D eigenvalue weighted by atomic mass is 16.5. The summed E-state index contributed by atoms with van der Waals surface area (Å²) < 4.78 is 10.7. The lowest BCUT2D eigenvalue weighted by atomic mass is 10.1. The Morgan fingerprint density at radius 2 is 2.05 bits per heavy atom. The van der Waals surface area contributed by atoms with Gasteiger partial charge in [0, 0.05) is 24.9 Å². The lowest BCUT2D eigenvalue weighted by Crippen LogP contribution is -2.05. The highest BCUT2D eigenvalue weighted by Gasteiger charge is 2.27. The lowest BCUT2D eigenvalue weighted by Gasteiger charge is -2.03. The van der Waals surface area contributed by atoms with E-state index in [9.17, 15) is 9.59 Å². The van der Waals surface area contributed by atoms with Crippen molar-refractivity contribution in [3.63, 3.8) is 0 Å². The number of rotatable bonds is 3. The highest BCUT2D eigenvalue weighted by Crippen LogP contribution is 2.34. The quantitative estimate of drug-likeness (QED) is 0.495. The van der Waals surface area contributed by atoms with Crippen LogP contribution in [-0.4, -0.2) is 16.7 Å². The minimum atomic E-state index is -0.336. The summed E-state index contributed by atoms with van der Waals surface area (Å²) in [6, 6.07) is 8.29. The van der Waals surface area contributed by atoms with E-state index in [2.05, 4.69) is 4.98 Å². The van der Waals surface area contributed by atoms with Gasteiger partial charge in [0.2, 0.25) is 5.78 Å². The van der Waals surface area contributed by atoms with Crippen LogP contribution >= 0.6 is 0 Å². The summed E-state index contributed by atoms with van der Waals surface area (Å²) in [6.07, 6.45) is 5.22. The lowest BCUT2D eigenvalue weighted by molar-refractivity contribution is -0.134. The molecule has 1 aromatic carbocycles. The molecule has 5 nitrogen and oxygen atoms in total. The Morgan fingerprint density at radius 1 is 1.27 bits per heavy atom. The minimum Gasteiger partial charge on any atom is -0.452 e. The normalized spacial score (nSPS) is 14.6. The van der Waals surface area contributed by atoms with Gasteiger partial charge in [0.25, 0.3) is 0 Å². The number of esters is 1. The van der Waals surface area contributed by atoms with Gasteiger partial charge in [-0.3, -0.25) is 14.6 Å². The van der Waals surface area contributed by atoms with Gasteiger partial charge in [-0.15, -0.1) is 0 Å². The summed E-state index contributed by atoms with van der Waals surface area (Å²) in [7, 11) is 0. The molecule has 0 atom stereocenters. The Hall–Kier alpha value is -2.95. The van der Waals surface area contributed by atoms with Crippen LogP contribution in [0, 0.1) is 0 Å². The van der Waals surface area contributed by atoms with Crippen molar-refractivity contribution >= 4 is 17.8 Å². The predicted octanol–water partition coefficient (Wildman–Crippen LogP) is 3.01. The van der Waals surface area contributed by atoms with Crippen molar-refractivity contribution in [1.29, 1.82) is 0 Å². The molecule has 0 unspecified atom stereocenters. The summed E-state index contributed by atoms with van der Waals surface area (Å²) in [5, 5.41) is 0. The number of hydrogen-bond acceptors (Lipinski definition) is 5. The molecular weight excluding hydrogens is 282 g/mol. The molecule has 3 rings (SSSR count). The maximum absolute atomic E-state index is 12.3. The molecule has 0 aliphatic carbocycles. The van der Waals surface area contributed by atoms with Gasteiger partial charge < -0.3 is 9.47 Å². The van der Waals surface area contributed by atoms with E-state index in [-0.39, 0.29) is 23.9 Å². The smallest absolute Gasteiger partial charge is 0.310 e. The van der Waals surface area contributed by atoms with E-state index in [0.29, 0.717) is 17.1 Å². The number of carbonyl (C=O) groups is 2. The van der Waals surface area contributed by atoms with Gasteiger partial charge in [0.05, 0.1) is 5.56 Å². The topological polar surface area (TPSA) is 65.5 Å². The van der Waals surface area contributed by atoms with E-state index in [1.807, 2.05) is 0 Å². The number of benzene rings is 1. The molecule has 1 aliphatic heterocycles. The van der Waals surface area contributed by atoms with Gasteiger partial charge in [-0.05, 0) is 35.9 Å². The molecule has 110 valence electrons. The molecule has 0 spiro atoms. The number of nitrogens with zero attached hydrogens (tertiary/aromatic N) is 1. The zero-order chi connectivity index (χ0) is 15.5. The van der Waals surface area contributed by atoms with Crippen molar-refractivity contribution in [3.05, 3.63) is 59.6 Å². The molecule has 5 heteroatoms. The molecule has 0 saturated carbocycles. The molecule has 2 heterocycles. The van der Waals surface area contributed by atoms with E-state index >= 15 is 0 Å². The van der Waals surface area contributed by atoms with E-state index in [0.717, 1.165) is 5.56 Å². The van der Waals surface area contributed by atoms with Gasteiger partial charge in [-0.1, -0.05) is 6.92 Å². The van der Waals surface area contributed by atoms with Crippen molar-refractivity contribution in [3.8, 4) is 11.5 Å². The molecule has 22 heavy (non-hydrogen) atoms. The number of carbonyl (C=O) groups excluding carboxylic acids is 2. The molecular formula is C17H13NO4. The van der Waals surface area contributed by atoms with E-state index in [1.165, 1.54) is 0 Å². The van der Waals surface area contributed by atoms with Crippen molar-refractivity contribution in [1.82, 2.24) is 4.98 Å². The zero-order valence-corrected chi connectivity index (χ0v) is 11.9. The molecule has 0 radical (unpaired) electrons. The van der Waals surface area contributed by atoms with E-state index in [1.54, 1.807) is 55.7 Å². The summed E-state index contributed by atoms with van der Waals surface area (Å²) in [5.74, 6) is 0.465. The average molecular weight is 295 g/mol. The fourth-order valence-electron chi connectivity index (χ4n) is 2.05. The first-order chi connectivity index (χ1) is 10.7. The molecule has 2 aromatic rings. The SMILES string of the molecule is CCC(=O)Oc1ccc2c(c1)OC(=Cc1ccncc1)C2=O. The Morgan fingerprint density at radius 3 is 2.77 bits per heavy atom. The summed E-state index contributed by atoms with van der Waals surface area (Å²) in [5.41, 5.74) is 1.28. The van der Waals surface area contributed by atoms with E-state index < -0.39 is 0 Å². The van der Waals surface area contributed by atoms with Gasteiger partial charge in [-0.2, -0.15) is 0 Å². The first-order valence-corrected chi connectivity index (χ1v) is 6.86. The maximum atomic E-state index is 12.3. The molecule has 0 N–H and O–H groups in total. The first-order valence-electron chi connectivity index (χ1n) is 6.86. The van der Waals surface area contributed by atoms with Crippen LogP contribution in [0.15, 0.2) is 48.5 Å². The van der Waals surface area contributed by atoms with Crippen molar-refractivity contribution in [2.24, 2.45) is 0 Å². The number of hydrogen-bond donors (Lipinski definition) is 0. The second-order valence-corrected chi connectivity index (χ2v) is 4.71. The monoisotopic (exact) mass is 295 g/mol. The van der Waals surface area contributed by atoms with Gasteiger partial charge in [0.1, 0.15) is 11.5 Å². The van der Waals surface area contributed by atoms with Crippen molar-refractivity contribution in [2.75, 3.05) is 0 Å². The molecule has 1 aromatic heterocycles. The number of pyridine rings is 1. The Bertz CT molecular complexity index is 765. The first kappa shape index (κ1) is 14.0. The average Bonchev–Trinajstić information content (AvgIpc) is 2.84. The second kappa shape index (κ2) is 5.81. The Kier molecular flexibility index (Phi) is 3.70. The number of ketones is 1. The maximum Gasteiger partial charge on any atom is 0.310 e. The number of fused-ring (bicyclic) bond motifs is 1. The van der Waals surface area contributed by atoms with Gasteiger partial charge in [-0.25, -0.2) is 0 Å². The van der Waals surface area contributed by atoms with Crippen LogP contribution in [0.3, 0.4) is 0 Å². The highest BCUT2D eigenvalue weighted by molar-refractivity contribution is 6.14. The van der Waals surface area contributed by atoms with E-state index in [4.69, 9.17) is 9.47 Å². The van der Waals surface area contributed by atoms with Crippen molar-refractivity contribution < 1.29 is 19.1 Å². The molecule has 0 fully saturated rings. The number of allylic oxidation sites excluding steroid dienone is 1. The predicted molar refractivity (Wildman–Crippen MR) is 79.5 cm³/mol. The van der Waals surface area contributed by atoms with Crippen LogP contribution in [0.1, 0.15) is 29.3 Å². The summed E-state index contributed by atoms with van der Waals surface area (Å²) in [6.45, 7) is 1.71. The zero-order valence-electron chi connectivity index (χ0n) is 11.9. The third kappa shape index (κ3) is 2.74. The van der Waals surface area contributed by atoms with Crippen LogP contribution in [0.5, 0.6) is 11.5 Å². The largest absolute Gasteiger partial charge is 0.452 e. The van der Waals surface area contributed by atoms with Crippen LogP contribution in [0.2, 0.25) is 0 Å². The molecule has 1 aliphatic rings. The van der Waals surface area contributed by atoms with Gasteiger partial charge >= 0.3 is 5.97 Å². The second-order valence-electron chi connectivity index (χ2n) is 4.71. The molecule has 0 amide bonds. The summed E-state index contributed by atoms with van der Waals surface area (Å²) >= 11 is 0. The van der Waals surface area contributed by atoms with Gasteiger partial charge in [0.15, 0.2) is 5.76 Å². The standard InChI is InChI=1S/C17H13NO4/c1-2-16(19)21-12-3-4-13-14(10-12)22-15(17(13)20)9-11-5-7-18-8-6-11/h3-10H,2H2,1H3. The Labute approximate surface area is 127 Å². The number of ether oxygens (including phenoxy) is 2. The minimum absolute atomic E-state index is 0.194. The third-order valence-electron chi connectivity index (χ3n) is 3.17. The van der Waals surface area contributed by atoms with Crippen LogP contribution in [-0.2, 0) is 4.79 Å². The molecule has 0 bridgehead atoms. The molecule has 0 saturated heterocycles. The van der Waals surface area contributed by atoms with Crippen LogP contribution in [0.4, 0.5) is 0 Å². The fraction of sp³-hybridized carbons (Fsp3) is 0.118. The Balaban J connectivity index is 1.87. The van der Waals surface area contributed by atoms with Crippen LogP contribution < -0.4 is 9.47 Å². The summed E-state index contributed by atoms with van der Waals surface area (Å²) in [4.78, 5) is 27.5. The van der Waals surface area contributed by atoms with Crippen LogP contribution in [0.25, 0.3) is 6.08 Å². The third-order valence-corrected chi connectivity index (χ3v) is 3.17.